The van der Waals surface area contributed by atoms with Gasteiger partial charge in [0.2, 0.25) is 11.8 Å². The largest absolute Gasteiger partial charge is 0.455 e. The lowest BCUT2D eigenvalue weighted by molar-refractivity contribution is -0.164. The van der Waals surface area contributed by atoms with Crippen molar-refractivity contribution in [1.82, 2.24) is 9.80 Å². The van der Waals surface area contributed by atoms with Crippen molar-refractivity contribution in [3.05, 3.63) is 90.5 Å². The van der Waals surface area contributed by atoms with E-state index in [1.807, 2.05) is 69.3 Å². The maximum Gasteiger partial charge on any atom is 0.313 e. The number of aryl methyl sites for hydroxylation is 2. The summed E-state index contributed by atoms with van der Waals surface area (Å²) in [6.45, 7) is 14.0. The Labute approximate surface area is 302 Å². The van der Waals surface area contributed by atoms with Gasteiger partial charge in [0.25, 0.3) is 5.91 Å². The molecular weight excluding hydrogens is 646 g/mol. The summed E-state index contributed by atoms with van der Waals surface area (Å²) in [5, 5.41) is 9.42. The third-order valence-electron chi connectivity index (χ3n) is 11.0. The highest BCUT2D eigenvalue weighted by atomic mass is 16.6. The minimum Gasteiger partial charge on any atom is -0.455 e. The van der Waals surface area contributed by atoms with Gasteiger partial charge in [0.05, 0.1) is 24.0 Å². The molecule has 1 N–H and O–H groups in total. The minimum atomic E-state index is -1.21. The first-order chi connectivity index (χ1) is 24.5. The van der Waals surface area contributed by atoms with Gasteiger partial charge in [-0.3, -0.25) is 19.2 Å². The van der Waals surface area contributed by atoms with Crippen LogP contribution in [0.5, 0.6) is 0 Å². The summed E-state index contributed by atoms with van der Waals surface area (Å²) in [5.41, 5.74) is 2.17. The molecule has 10 heteroatoms. The van der Waals surface area contributed by atoms with E-state index in [0.29, 0.717) is 45.1 Å². The van der Waals surface area contributed by atoms with Crippen LogP contribution in [0.15, 0.2) is 73.8 Å². The molecule has 2 bridgehead atoms. The van der Waals surface area contributed by atoms with Crippen LogP contribution in [0.25, 0.3) is 0 Å². The van der Waals surface area contributed by atoms with Gasteiger partial charge in [-0.2, -0.15) is 0 Å². The number of ether oxygens (including phenoxy) is 2. The van der Waals surface area contributed by atoms with E-state index < -0.39 is 47.7 Å². The number of hydrogen-bond acceptors (Lipinski definition) is 7. The summed E-state index contributed by atoms with van der Waals surface area (Å²) >= 11 is 0. The monoisotopic (exact) mass is 699 g/mol. The van der Waals surface area contributed by atoms with Crippen molar-refractivity contribution in [3.63, 3.8) is 0 Å². The molecule has 0 aliphatic carbocycles. The number of nitrogens with zero attached hydrogens (tertiary/aromatic N) is 3. The van der Waals surface area contributed by atoms with E-state index in [-0.39, 0.29) is 37.3 Å². The van der Waals surface area contributed by atoms with Crippen LogP contribution in [0.3, 0.4) is 0 Å². The zero-order valence-electron chi connectivity index (χ0n) is 30.5. The lowest BCUT2D eigenvalue weighted by atomic mass is 9.70. The predicted molar refractivity (Wildman–Crippen MR) is 196 cm³/mol. The second kappa shape index (κ2) is 16.4. The van der Waals surface area contributed by atoms with Gasteiger partial charge < -0.3 is 29.3 Å². The molecule has 10 nitrogen and oxygen atoms in total. The first-order valence-electron chi connectivity index (χ1n) is 18.2. The molecule has 7 atom stereocenters. The second-order valence-corrected chi connectivity index (χ2v) is 14.2. The number of likely N-dealkylation sites (tertiary alicyclic amines) is 1. The van der Waals surface area contributed by atoms with Crippen molar-refractivity contribution in [3.8, 4) is 0 Å². The van der Waals surface area contributed by atoms with Gasteiger partial charge in [-0.25, -0.2) is 0 Å². The number of aliphatic hydroxyl groups is 1. The van der Waals surface area contributed by atoms with Crippen LogP contribution in [-0.4, -0.2) is 89.1 Å². The van der Waals surface area contributed by atoms with Crippen molar-refractivity contribution in [2.45, 2.75) is 95.6 Å². The lowest BCUT2D eigenvalue weighted by Gasteiger charge is -2.37. The number of carbonyl (C=O) groups is 4. The number of esters is 1. The smallest absolute Gasteiger partial charge is 0.313 e. The summed E-state index contributed by atoms with van der Waals surface area (Å²) in [4.78, 5) is 61.9. The number of fused-ring (bicyclic) bond motifs is 1. The molecule has 274 valence electrons. The first kappa shape index (κ1) is 38.0. The number of amides is 3. The van der Waals surface area contributed by atoms with Crippen molar-refractivity contribution < 1.29 is 33.8 Å². The number of unbranched alkanes of at least 4 members (excludes halogenated alkanes) is 2. The second-order valence-electron chi connectivity index (χ2n) is 14.2. The Bertz CT molecular complexity index is 1610. The van der Waals surface area contributed by atoms with Crippen molar-refractivity contribution in [2.24, 2.45) is 11.8 Å². The SMILES string of the molecule is C=CCCC(=O)N(C)[C@H](C)[C@H](OC(=O)[C@@H]1[C@H]2C(=O)N(CCCCCO)[C@H](C(=O)N(CC=C)c3cc(C)ccc3C)[C@]23CC[C@H]1O3)c1ccccc1. The standard InChI is InChI=1S/C41H53N3O7/c1-7-9-18-33(46)42(6)29(5)36(30-16-12-10-13-17-30)50-40(49)34-32-21-22-41(51-32)35(34)38(47)44(24-14-11-15-25-45)37(41)39(48)43(23-8-2)31-26-27(3)19-20-28(31)4/h7-8,10,12-13,16-17,19-20,26,29,32,34-37,45H,1-2,9,11,14-15,18,21-25H2,3-6H3/t29-,32-,34+,35+,36+,37-,41+/m1/s1. The molecule has 3 heterocycles. The highest BCUT2D eigenvalue weighted by Gasteiger charge is 2.75. The minimum absolute atomic E-state index is 0.0391. The van der Waals surface area contributed by atoms with Crippen LogP contribution < -0.4 is 4.90 Å². The number of allylic oxidation sites excluding steroid dienone is 1. The van der Waals surface area contributed by atoms with Gasteiger partial charge >= 0.3 is 5.97 Å². The number of benzene rings is 2. The molecule has 3 amide bonds. The van der Waals surface area contributed by atoms with E-state index in [9.17, 15) is 24.3 Å². The van der Waals surface area contributed by atoms with Crippen molar-refractivity contribution >= 4 is 29.4 Å². The van der Waals surface area contributed by atoms with Crippen LogP contribution in [0.1, 0.15) is 74.7 Å². The number of aliphatic hydroxyl groups excluding tert-OH is 1. The molecule has 3 aliphatic rings. The Kier molecular flexibility index (Phi) is 12.2. The van der Waals surface area contributed by atoms with E-state index in [1.165, 1.54) is 0 Å². The number of carbonyl (C=O) groups excluding carboxylic acids is 4. The Hall–Kier alpha value is -4.28. The Morgan fingerprint density at radius 3 is 2.53 bits per heavy atom. The van der Waals surface area contributed by atoms with E-state index >= 15 is 0 Å². The van der Waals surface area contributed by atoms with Gasteiger partial charge in [0.15, 0.2) is 0 Å². The predicted octanol–water partition coefficient (Wildman–Crippen LogP) is 5.46. The van der Waals surface area contributed by atoms with Crippen LogP contribution in [0.2, 0.25) is 0 Å². The molecule has 2 aromatic carbocycles. The molecule has 0 aromatic heterocycles. The van der Waals surface area contributed by atoms with Crippen molar-refractivity contribution in [2.75, 3.05) is 31.6 Å². The molecular formula is C41H53N3O7. The highest BCUT2D eigenvalue weighted by molar-refractivity contribution is 6.05. The third-order valence-corrected chi connectivity index (χ3v) is 11.0. The number of hydrogen-bond donors (Lipinski definition) is 1. The van der Waals surface area contributed by atoms with E-state index in [2.05, 4.69) is 13.2 Å². The van der Waals surface area contributed by atoms with Crippen molar-refractivity contribution in [1.29, 1.82) is 0 Å². The highest BCUT2D eigenvalue weighted by Crippen LogP contribution is 2.59. The fourth-order valence-corrected chi connectivity index (χ4v) is 8.23. The van der Waals surface area contributed by atoms with Crippen LogP contribution in [-0.2, 0) is 28.7 Å². The normalized spacial score (nSPS) is 24.5. The zero-order valence-corrected chi connectivity index (χ0v) is 30.5. The van der Waals surface area contributed by atoms with Gasteiger partial charge in [-0.05, 0) is 82.1 Å². The average molecular weight is 700 g/mol. The van der Waals surface area contributed by atoms with E-state index in [0.717, 1.165) is 22.4 Å². The topological polar surface area (TPSA) is 117 Å². The summed E-state index contributed by atoms with van der Waals surface area (Å²) < 4.78 is 13.1. The molecule has 0 radical (unpaired) electrons. The summed E-state index contributed by atoms with van der Waals surface area (Å²) in [7, 11) is 1.70. The molecule has 1 spiro atoms. The Balaban J connectivity index is 1.50. The molecule has 0 saturated carbocycles. The van der Waals surface area contributed by atoms with Crippen LogP contribution >= 0.6 is 0 Å². The average Bonchev–Trinajstić information content (AvgIpc) is 3.78. The maximum absolute atomic E-state index is 14.9. The zero-order chi connectivity index (χ0) is 36.9. The van der Waals surface area contributed by atoms with E-state index in [1.54, 1.807) is 33.9 Å². The number of anilines is 1. The Morgan fingerprint density at radius 2 is 1.84 bits per heavy atom. The fourth-order valence-electron chi connectivity index (χ4n) is 8.23. The molecule has 5 rings (SSSR count). The molecule has 3 aliphatic heterocycles. The van der Waals surface area contributed by atoms with Gasteiger partial charge in [-0.15, -0.1) is 13.2 Å². The molecule has 0 unspecified atom stereocenters. The number of likely N-dealkylation sites (N-methyl/N-ethyl adjacent to an activating group) is 1. The Morgan fingerprint density at radius 1 is 1.10 bits per heavy atom. The molecule has 2 aromatic rings. The summed E-state index contributed by atoms with van der Waals surface area (Å²) in [6, 6.07) is 13.8. The summed E-state index contributed by atoms with van der Waals surface area (Å²) in [6.07, 6.45) is 5.59. The van der Waals surface area contributed by atoms with Crippen LogP contribution in [0.4, 0.5) is 5.69 Å². The van der Waals surface area contributed by atoms with Crippen LogP contribution in [0, 0.1) is 25.7 Å². The number of rotatable bonds is 17. The van der Waals surface area contributed by atoms with Gasteiger partial charge in [-0.1, -0.05) is 54.6 Å². The first-order valence-corrected chi connectivity index (χ1v) is 18.2. The van der Waals surface area contributed by atoms with Gasteiger partial charge in [0.1, 0.15) is 17.7 Å². The maximum atomic E-state index is 14.9. The van der Waals surface area contributed by atoms with Gasteiger partial charge in [0, 0.05) is 38.9 Å². The third kappa shape index (κ3) is 7.39. The molecule has 3 fully saturated rings. The molecule has 3 saturated heterocycles. The molecule has 51 heavy (non-hydrogen) atoms. The quantitative estimate of drug-likeness (QED) is 0.133. The van der Waals surface area contributed by atoms with E-state index in [4.69, 9.17) is 9.47 Å². The lowest BCUT2D eigenvalue weighted by Crippen LogP contribution is -2.56. The fraction of sp³-hybridized carbons (Fsp3) is 0.512. The summed E-state index contributed by atoms with van der Waals surface area (Å²) in [5.74, 6) is -3.05.